The van der Waals surface area contributed by atoms with Crippen molar-refractivity contribution < 1.29 is 9.90 Å². The number of carbonyl (C=O) groups excluding carboxylic acids is 1. The lowest BCUT2D eigenvalue weighted by Crippen LogP contribution is -2.14. The Kier molecular flexibility index (Phi) is 4.78. The van der Waals surface area contributed by atoms with Crippen molar-refractivity contribution in [3.8, 4) is 5.75 Å². The molecule has 0 unspecified atom stereocenters. The highest BCUT2D eigenvalue weighted by atomic mass is 127. The first-order chi connectivity index (χ1) is 9.40. The highest BCUT2D eigenvalue weighted by Gasteiger charge is 2.15. The first kappa shape index (κ1) is 15.4. The minimum atomic E-state index is -0.327. The standard InChI is InChI=1S/C14H10Cl2INO2/c1-7-3-2-4-9(12(7)17)14(20)18-11-6-8(15)5-10(16)13(11)19/h2-6,19H,1H3,(H,18,20). The van der Waals surface area contributed by atoms with Crippen LogP contribution in [0.15, 0.2) is 30.3 Å². The fourth-order valence-electron chi connectivity index (χ4n) is 1.67. The van der Waals surface area contributed by atoms with Crippen LogP contribution in [0.5, 0.6) is 5.75 Å². The lowest BCUT2D eigenvalue weighted by Gasteiger charge is -2.11. The Labute approximate surface area is 140 Å². The highest BCUT2D eigenvalue weighted by Crippen LogP contribution is 2.35. The van der Waals surface area contributed by atoms with Gasteiger partial charge < -0.3 is 10.4 Å². The average molecular weight is 422 g/mol. The molecule has 2 rings (SSSR count). The van der Waals surface area contributed by atoms with E-state index in [9.17, 15) is 9.90 Å². The van der Waals surface area contributed by atoms with E-state index in [1.807, 2.05) is 13.0 Å². The number of nitrogens with one attached hydrogen (secondary N) is 1. The van der Waals surface area contributed by atoms with Crippen LogP contribution in [0.25, 0.3) is 0 Å². The second-order valence-corrected chi connectivity index (χ2v) is 6.10. The van der Waals surface area contributed by atoms with Gasteiger partial charge in [0.1, 0.15) is 0 Å². The minimum absolute atomic E-state index is 0.0896. The fraction of sp³-hybridized carbons (Fsp3) is 0.0714. The van der Waals surface area contributed by atoms with Gasteiger partial charge in [-0.3, -0.25) is 4.79 Å². The lowest BCUT2D eigenvalue weighted by atomic mass is 10.1. The number of anilines is 1. The van der Waals surface area contributed by atoms with E-state index in [4.69, 9.17) is 23.2 Å². The van der Waals surface area contributed by atoms with E-state index in [1.54, 1.807) is 12.1 Å². The molecule has 0 aromatic heterocycles. The van der Waals surface area contributed by atoms with E-state index in [-0.39, 0.29) is 22.4 Å². The van der Waals surface area contributed by atoms with Gasteiger partial charge in [0.2, 0.25) is 0 Å². The Morgan fingerprint density at radius 3 is 2.70 bits per heavy atom. The van der Waals surface area contributed by atoms with Gasteiger partial charge in [-0.15, -0.1) is 0 Å². The van der Waals surface area contributed by atoms with Crippen molar-refractivity contribution in [2.75, 3.05) is 5.32 Å². The van der Waals surface area contributed by atoms with Gasteiger partial charge in [0.15, 0.2) is 5.75 Å². The number of benzene rings is 2. The van der Waals surface area contributed by atoms with Crippen LogP contribution >= 0.6 is 45.8 Å². The van der Waals surface area contributed by atoms with Crippen LogP contribution < -0.4 is 5.32 Å². The van der Waals surface area contributed by atoms with Crippen LogP contribution in [0.3, 0.4) is 0 Å². The molecule has 20 heavy (non-hydrogen) atoms. The highest BCUT2D eigenvalue weighted by molar-refractivity contribution is 14.1. The molecule has 0 aliphatic rings. The molecule has 2 N–H and O–H groups in total. The number of carbonyl (C=O) groups is 1. The molecule has 0 aliphatic heterocycles. The van der Waals surface area contributed by atoms with Crippen LogP contribution in [0.4, 0.5) is 5.69 Å². The monoisotopic (exact) mass is 421 g/mol. The molecular formula is C14H10Cl2INO2. The van der Waals surface area contributed by atoms with Crippen LogP contribution in [0.2, 0.25) is 10.0 Å². The van der Waals surface area contributed by atoms with E-state index in [0.29, 0.717) is 10.6 Å². The van der Waals surface area contributed by atoms with Crippen molar-refractivity contribution in [3.63, 3.8) is 0 Å². The van der Waals surface area contributed by atoms with Crippen molar-refractivity contribution in [2.45, 2.75) is 6.92 Å². The summed E-state index contributed by atoms with van der Waals surface area (Å²) in [6.07, 6.45) is 0. The van der Waals surface area contributed by atoms with Crippen molar-refractivity contribution in [1.29, 1.82) is 0 Å². The van der Waals surface area contributed by atoms with Gasteiger partial charge in [-0.2, -0.15) is 0 Å². The SMILES string of the molecule is Cc1cccc(C(=O)Nc2cc(Cl)cc(Cl)c2O)c1I. The predicted molar refractivity (Wildman–Crippen MR) is 90.0 cm³/mol. The Hall–Kier alpha value is -0.980. The lowest BCUT2D eigenvalue weighted by molar-refractivity contribution is 0.102. The summed E-state index contributed by atoms with van der Waals surface area (Å²) in [5.41, 5.74) is 1.72. The molecule has 1 amide bonds. The van der Waals surface area contributed by atoms with Gasteiger partial charge in [-0.1, -0.05) is 35.3 Å². The Balaban J connectivity index is 2.35. The van der Waals surface area contributed by atoms with E-state index in [0.717, 1.165) is 9.13 Å². The molecule has 0 bridgehead atoms. The largest absolute Gasteiger partial charge is 0.504 e. The summed E-state index contributed by atoms with van der Waals surface area (Å²) in [6.45, 7) is 1.92. The number of hydrogen-bond donors (Lipinski definition) is 2. The maximum absolute atomic E-state index is 12.2. The van der Waals surface area contributed by atoms with Gasteiger partial charge in [0.25, 0.3) is 5.91 Å². The van der Waals surface area contributed by atoms with E-state index in [1.165, 1.54) is 12.1 Å². The van der Waals surface area contributed by atoms with Gasteiger partial charge in [-0.25, -0.2) is 0 Å². The predicted octanol–water partition coefficient (Wildman–Crippen LogP) is 4.86. The smallest absolute Gasteiger partial charge is 0.256 e. The number of amides is 1. The molecular weight excluding hydrogens is 412 g/mol. The van der Waals surface area contributed by atoms with E-state index >= 15 is 0 Å². The summed E-state index contributed by atoms with van der Waals surface area (Å²) >= 11 is 13.8. The topological polar surface area (TPSA) is 49.3 Å². The summed E-state index contributed by atoms with van der Waals surface area (Å²) in [6, 6.07) is 8.30. The number of phenols is 1. The summed E-state index contributed by atoms with van der Waals surface area (Å²) in [4.78, 5) is 12.2. The molecule has 0 radical (unpaired) electrons. The molecule has 6 heteroatoms. The zero-order valence-electron chi connectivity index (χ0n) is 10.4. The zero-order chi connectivity index (χ0) is 14.9. The van der Waals surface area contributed by atoms with Crippen molar-refractivity contribution >= 4 is 57.4 Å². The van der Waals surface area contributed by atoms with E-state index in [2.05, 4.69) is 27.9 Å². The van der Waals surface area contributed by atoms with Gasteiger partial charge in [0.05, 0.1) is 16.3 Å². The second kappa shape index (κ2) is 6.20. The summed E-state index contributed by atoms with van der Waals surface area (Å²) < 4.78 is 0.857. The van der Waals surface area contributed by atoms with Crippen molar-refractivity contribution in [3.05, 3.63) is 55.1 Å². The maximum Gasteiger partial charge on any atom is 0.256 e. The molecule has 0 aliphatic carbocycles. The van der Waals surface area contributed by atoms with Crippen LogP contribution in [-0.2, 0) is 0 Å². The molecule has 0 saturated carbocycles. The molecule has 3 nitrogen and oxygen atoms in total. The van der Waals surface area contributed by atoms with E-state index < -0.39 is 0 Å². The Bertz CT molecular complexity index is 689. The van der Waals surface area contributed by atoms with Crippen molar-refractivity contribution in [1.82, 2.24) is 0 Å². The normalized spacial score (nSPS) is 10.4. The molecule has 0 heterocycles. The summed E-state index contributed by atoms with van der Waals surface area (Å²) in [5.74, 6) is -0.529. The van der Waals surface area contributed by atoms with Gasteiger partial charge in [0, 0.05) is 8.59 Å². The molecule has 104 valence electrons. The maximum atomic E-state index is 12.2. The zero-order valence-corrected chi connectivity index (χ0v) is 14.0. The third-order valence-electron chi connectivity index (χ3n) is 2.71. The minimum Gasteiger partial charge on any atom is -0.504 e. The van der Waals surface area contributed by atoms with Crippen molar-refractivity contribution in [2.24, 2.45) is 0 Å². The third-order valence-corrected chi connectivity index (χ3v) is 4.65. The van der Waals surface area contributed by atoms with Crippen LogP contribution in [-0.4, -0.2) is 11.0 Å². The quantitative estimate of drug-likeness (QED) is 0.537. The summed E-state index contributed by atoms with van der Waals surface area (Å²) in [7, 11) is 0. The fourth-order valence-corrected chi connectivity index (χ4v) is 2.77. The molecule has 0 saturated heterocycles. The van der Waals surface area contributed by atoms with Gasteiger partial charge >= 0.3 is 0 Å². The number of aromatic hydroxyl groups is 1. The molecule has 0 atom stereocenters. The Morgan fingerprint density at radius 1 is 1.30 bits per heavy atom. The number of rotatable bonds is 2. The third kappa shape index (κ3) is 3.19. The molecule has 2 aromatic rings. The van der Waals surface area contributed by atoms with Crippen LogP contribution in [0.1, 0.15) is 15.9 Å². The molecule has 2 aromatic carbocycles. The number of aryl methyl sites for hydroxylation is 1. The van der Waals surface area contributed by atoms with Gasteiger partial charge in [-0.05, 0) is 53.3 Å². The number of hydrogen-bond acceptors (Lipinski definition) is 2. The number of phenolic OH excluding ortho intramolecular Hbond substituents is 1. The first-order valence-corrected chi connectivity index (χ1v) is 7.48. The molecule has 0 spiro atoms. The molecule has 0 fully saturated rings. The van der Waals surface area contributed by atoms with Crippen LogP contribution in [0, 0.1) is 10.5 Å². The summed E-state index contributed by atoms with van der Waals surface area (Å²) in [5, 5.41) is 12.9. The first-order valence-electron chi connectivity index (χ1n) is 5.64. The number of halogens is 3. The Morgan fingerprint density at radius 2 is 2.00 bits per heavy atom. The average Bonchev–Trinajstić information content (AvgIpc) is 2.38. The second-order valence-electron chi connectivity index (χ2n) is 4.17.